The molecule has 2 fully saturated rings. The van der Waals surface area contributed by atoms with E-state index in [2.05, 4.69) is 39.1 Å². The van der Waals surface area contributed by atoms with Crippen LogP contribution in [-0.2, 0) is 0 Å². The molecule has 2 aliphatic heterocycles. The molecule has 18 heavy (non-hydrogen) atoms. The molecule has 2 heterocycles. The Labute approximate surface area is 114 Å². The summed E-state index contributed by atoms with van der Waals surface area (Å²) < 4.78 is 0. The zero-order valence-corrected chi connectivity index (χ0v) is 14.4. The average Bonchev–Trinajstić information content (AvgIpc) is 2.25. The van der Waals surface area contributed by atoms with E-state index in [4.69, 9.17) is 0 Å². The first-order valence-corrected chi connectivity index (χ1v) is 13.4. The van der Waals surface area contributed by atoms with Crippen molar-refractivity contribution in [3.63, 3.8) is 0 Å². The van der Waals surface area contributed by atoms with Gasteiger partial charge in [-0.25, -0.2) is 0 Å². The summed E-state index contributed by atoms with van der Waals surface area (Å²) in [6, 6.07) is 11.3. The number of hydrogen-bond donors (Lipinski definition) is 0. The molecule has 0 unspecified atom stereocenters. The molecule has 0 atom stereocenters. The van der Waals surface area contributed by atoms with Gasteiger partial charge in [0.25, 0.3) is 0 Å². The molecular formula is C16H26Si2. The molecule has 1 aromatic rings. The molecule has 0 spiro atoms. The lowest BCUT2D eigenvalue weighted by Crippen LogP contribution is -2.55. The molecule has 98 valence electrons. The van der Waals surface area contributed by atoms with Gasteiger partial charge >= 0.3 is 0 Å². The van der Waals surface area contributed by atoms with Crippen molar-refractivity contribution in [3.05, 3.63) is 23.3 Å². The molecule has 0 N–H and O–H groups in total. The van der Waals surface area contributed by atoms with Crippen molar-refractivity contribution in [1.29, 1.82) is 0 Å². The molecule has 0 aliphatic carbocycles. The van der Waals surface area contributed by atoms with E-state index >= 15 is 0 Å². The molecule has 2 aliphatic rings. The van der Waals surface area contributed by atoms with E-state index < -0.39 is 16.1 Å². The van der Waals surface area contributed by atoms with Crippen LogP contribution in [0.5, 0.6) is 0 Å². The largest absolute Gasteiger partial charge is 0.0840 e. The van der Waals surface area contributed by atoms with Gasteiger partial charge in [0.1, 0.15) is 0 Å². The fourth-order valence-electron chi connectivity index (χ4n) is 4.07. The van der Waals surface area contributed by atoms with Gasteiger partial charge in [0.15, 0.2) is 0 Å². The van der Waals surface area contributed by atoms with Crippen molar-refractivity contribution in [1.82, 2.24) is 0 Å². The first kappa shape index (κ1) is 12.7. The highest BCUT2D eigenvalue weighted by atomic mass is 28.3. The minimum absolute atomic E-state index is 1.01. The van der Waals surface area contributed by atoms with Crippen molar-refractivity contribution in [2.75, 3.05) is 0 Å². The van der Waals surface area contributed by atoms with Crippen LogP contribution >= 0.6 is 0 Å². The fourth-order valence-corrected chi connectivity index (χ4v) is 11.2. The van der Waals surface area contributed by atoms with E-state index in [0.29, 0.717) is 0 Å². The first-order valence-electron chi connectivity index (χ1n) is 7.57. The predicted molar refractivity (Wildman–Crippen MR) is 86.9 cm³/mol. The van der Waals surface area contributed by atoms with Crippen LogP contribution in [0.2, 0.25) is 37.3 Å². The molecule has 1 aromatic carbocycles. The molecule has 0 saturated carbocycles. The summed E-state index contributed by atoms with van der Waals surface area (Å²) in [5.41, 5.74) is 3.26. The highest BCUT2D eigenvalue weighted by Gasteiger charge is 2.40. The van der Waals surface area contributed by atoms with Gasteiger partial charge in [-0.1, -0.05) is 83.7 Å². The van der Waals surface area contributed by atoms with E-state index in [1.54, 1.807) is 21.5 Å². The third-order valence-corrected chi connectivity index (χ3v) is 15.3. The zero-order chi connectivity index (χ0) is 13.0. The van der Waals surface area contributed by atoms with Gasteiger partial charge in [0.2, 0.25) is 0 Å². The Kier molecular flexibility index (Phi) is 2.87. The maximum absolute atomic E-state index is 2.60. The lowest BCUT2D eigenvalue weighted by atomic mass is 10.2. The van der Waals surface area contributed by atoms with Crippen molar-refractivity contribution in [2.45, 2.75) is 64.0 Å². The Morgan fingerprint density at radius 2 is 1.06 bits per heavy atom. The van der Waals surface area contributed by atoms with Gasteiger partial charge in [0, 0.05) is 0 Å². The van der Waals surface area contributed by atoms with Gasteiger partial charge in [-0.05, 0) is 13.8 Å². The summed E-state index contributed by atoms with van der Waals surface area (Å²) in [4.78, 5) is 0. The Hall–Kier alpha value is -0.346. The van der Waals surface area contributed by atoms with Crippen LogP contribution < -0.4 is 10.4 Å². The quantitative estimate of drug-likeness (QED) is 0.722. The average molecular weight is 275 g/mol. The van der Waals surface area contributed by atoms with Gasteiger partial charge in [0.05, 0.1) is 16.1 Å². The molecule has 2 saturated heterocycles. The summed E-state index contributed by atoms with van der Waals surface area (Å²) in [5, 5.41) is 3.57. The fraction of sp³-hybridized carbons (Fsp3) is 0.625. The monoisotopic (exact) mass is 274 g/mol. The van der Waals surface area contributed by atoms with E-state index in [9.17, 15) is 0 Å². The summed E-state index contributed by atoms with van der Waals surface area (Å²) in [7, 11) is -2.02. The minimum Gasteiger partial charge on any atom is -0.0652 e. The SMILES string of the molecule is Cc1cc([Si]2(C)CCC2)c(C)cc1[Si]1(C)CCC1. The second-order valence-corrected chi connectivity index (χ2v) is 16.6. The maximum Gasteiger partial charge on any atom is 0.0840 e. The van der Waals surface area contributed by atoms with Gasteiger partial charge in [-0.15, -0.1) is 0 Å². The van der Waals surface area contributed by atoms with Crippen LogP contribution in [0.15, 0.2) is 12.1 Å². The van der Waals surface area contributed by atoms with E-state index in [1.807, 2.05) is 0 Å². The van der Waals surface area contributed by atoms with Crippen LogP contribution in [0, 0.1) is 13.8 Å². The lowest BCUT2D eigenvalue weighted by molar-refractivity contribution is 0.913. The normalized spacial score (nSPS) is 24.2. The van der Waals surface area contributed by atoms with E-state index in [1.165, 1.54) is 37.0 Å². The second-order valence-electron chi connectivity index (χ2n) is 7.31. The molecule has 0 bridgehead atoms. The maximum atomic E-state index is 2.60. The van der Waals surface area contributed by atoms with E-state index in [0.717, 1.165) is 0 Å². The molecular weight excluding hydrogens is 248 g/mol. The molecule has 0 aromatic heterocycles. The number of aryl methyl sites for hydroxylation is 2. The van der Waals surface area contributed by atoms with Crippen LogP contribution in [0.3, 0.4) is 0 Å². The van der Waals surface area contributed by atoms with Gasteiger partial charge < -0.3 is 0 Å². The lowest BCUT2D eigenvalue weighted by Gasteiger charge is -2.41. The summed E-state index contributed by atoms with van der Waals surface area (Å²) >= 11 is 0. The second kappa shape index (κ2) is 4.07. The smallest absolute Gasteiger partial charge is 0.0652 e. The summed E-state index contributed by atoms with van der Waals surface area (Å²) in [6.45, 7) is 9.96. The first-order chi connectivity index (χ1) is 8.45. The Balaban J connectivity index is 2.03. The predicted octanol–water partition coefficient (Wildman–Crippen LogP) is 3.68. The summed E-state index contributed by atoms with van der Waals surface area (Å²) in [5.74, 6) is 0. The Morgan fingerprint density at radius 3 is 1.28 bits per heavy atom. The summed E-state index contributed by atoms with van der Waals surface area (Å²) in [6.07, 6.45) is 2.96. The minimum atomic E-state index is -1.01. The third kappa shape index (κ3) is 1.76. The molecule has 0 radical (unpaired) electrons. The van der Waals surface area contributed by atoms with Gasteiger partial charge in [-0.2, -0.15) is 0 Å². The zero-order valence-electron chi connectivity index (χ0n) is 12.4. The molecule has 0 nitrogen and oxygen atoms in total. The Morgan fingerprint density at radius 1 is 0.722 bits per heavy atom. The van der Waals surface area contributed by atoms with Crippen molar-refractivity contribution in [3.8, 4) is 0 Å². The van der Waals surface area contributed by atoms with E-state index in [-0.39, 0.29) is 0 Å². The van der Waals surface area contributed by atoms with Crippen molar-refractivity contribution in [2.24, 2.45) is 0 Å². The number of rotatable bonds is 2. The van der Waals surface area contributed by atoms with Gasteiger partial charge in [-0.3, -0.25) is 0 Å². The Bertz CT molecular complexity index is 436. The topological polar surface area (TPSA) is 0 Å². The van der Waals surface area contributed by atoms with Crippen LogP contribution in [0.25, 0.3) is 0 Å². The number of benzene rings is 1. The van der Waals surface area contributed by atoms with Crippen molar-refractivity contribution < 1.29 is 0 Å². The highest BCUT2D eigenvalue weighted by Crippen LogP contribution is 2.35. The van der Waals surface area contributed by atoms with Crippen LogP contribution in [0.4, 0.5) is 0 Å². The highest BCUT2D eigenvalue weighted by molar-refractivity contribution is 6.94. The van der Waals surface area contributed by atoms with Crippen LogP contribution in [0.1, 0.15) is 24.0 Å². The number of hydrogen-bond acceptors (Lipinski definition) is 0. The third-order valence-electron chi connectivity index (χ3n) is 5.79. The molecule has 2 heteroatoms. The van der Waals surface area contributed by atoms with Crippen LogP contribution in [-0.4, -0.2) is 16.1 Å². The standard InChI is InChI=1S/C16H26Si2/c1-13-11-16(18(4)9-6-10-18)14(2)12-15(13)17(3)7-5-8-17/h11-12H,5-10H2,1-4H3. The van der Waals surface area contributed by atoms with Crippen molar-refractivity contribution >= 4 is 26.5 Å². The molecule has 3 rings (SSSR count). The molecule has 0 amide bonds.